The molecule has 0 spiro atoms. The molecular formula is C15H19BO2S. The van der Waals surface area contributed by atoms with E-state index in [1.165, 1.54) is 15.0 Å². The molecule has 0 amide bonds. The molecule has 1 aromatic heterocycles. The van der Waals surface area contributed by atoms with Crippen molar-refractivity contribution in [2.45, 2.75) is 45.8 Å². The van der Waals surface area contributed by atoms with Crippen LogP contribution in [-0.4, -0.2) is 18.3 Å². The Morgan fingerprint density at radius 1 is 1.00 bits per heavy atom. The Kier molecular flexibility index (Phi) is 2.82. The molecule has 4 heteroatoms. The predicted octanol–water partition coefficient (Wildman–Crippen LogP) is 3.51. The average Bonchev–Trinajstić information content (AvgIpc) is 2.74. The summed E-state index contributed by atoms with van der Waals surface area (Å²) in [5.74, 6) is 0. The third kappa shape index (κ3) is 2.12. The molecule has 0 saturated carbocycles. The lowest BCUT2D eigenvalue weighted by molar-refractivity contribution is 0.00578. The minimum atomic E-state index is -0.281. The molecule has 2 heterocycles. The van der Waals surface area contributed by atoms with E-state index in [-0.39, 0.29) is 18.3 Å². The second-order valence-electron chi connectivity index (χ2n) is 6.24. The normalized spacial score (nSPS) is 21.2. The first-order chi connectivity index (χ1) is 8.78. The van der Waals surface area contributed by atoms with Gasteiger partial charge >= 0.3 is 7.12 Å². The number of hydrogen-bond acceptors (Lipinski definition) is 3. The quantitative estimate of drug-likeness (QED) is 0.741. The molecule has 19 heavy (non-hydrogen) atoms. The molecule has 0 atom stereocenters. The van der Waals surface area contributed by atoms with Gasteiger partial charge in [0.15, 0.2) is 0 Å². The van der Waals surface area contributed by atoms with Crippen molar-refractivity contribution in [3.8, 4) is 0 Å². The maximum absolute atomic E-state index is 6.09. The zero-order valence-electron chi connectivity index (χ0n) is 12.1. The van der Waals surface area contributed by atoms with Crippen molar-refractivity contribution >= 4 is 34.0 Å². The molecule has 2 nitrogen and oxygen atoms in total. The fraction of sp³-hybridized carbons (Fsp3) is 0.467. The van der Waals surface area contributed by atoms with E-state index in [4.69, 9.17) is 9.31 Å². The molecule has 1 aromatic carbocycles. The summed E-state index contributed by atoms with van der Waals surface area (Å²) in [4.78, 5) is 1.33. The van der Waals surface area contributed by atoms with Crippen molar-refractivity contribution in [3.63, 3.8) is 0 Å². The highest BCUT2D eigenvalue weighted by molar-refractivity contribution is 7.19. The fourth-order valence-electron chi connectivity index (χ4n) is 2.32. The molecule has 0 N–H and O–H groups in total. The highest BCUT2D eigenvalue weighted by Crippen LogP contribution is 2.36. The van der Waals surface area contributed by atoms with Gasteiger partial charge in [0.25, 0.3) is 0 Å². The van der Waals surface area contributed by atoms with Crippen LogP contribution >= 0.6 is 11.3 Å². The number of fused-ring (bicyclic) bond motifs is 1. The van der Waals surface area contributed by atoms with Crippen molar-refractivity contribution in [1.82, 2.24) is 0 Å². The van der Waals surface area contributed by atoms with Crippen LogP contribution in [0.4, 0.5) is 0 Å². The number of aryl methyl sites for hydroxylation is 1. The van der Waals surface area contributed by atoms with E-state index in [1.807, 2.05) is 11.3 Å². The summed E-state index contributed by atoms with van der Waals surface area (Å²) in [6.07, 6.45) is 0. The van der Waals surface area contributed by atoms with E-state index >= 15 is 0 Å². The fourth-order valence-corrected chi connectivity index (χ4v) is 3.22. The van der Waals surface area contributed by atoms with Gasteiger partial charge in [0, 0.05) is 9.58 Å². The predicted molar refractivity (Wildman–Crippen MR) is 82.3 cm³/mol. The monoisotopic (exact) mass is 274 g/mol. The Morgan fingerprint density at radius 2 is 1.63 bits per heavy atom. The first kappa shape index (κ1) is 13.2. The van der Waals surface area contributed by atoms with E-state index in [1.54, 1.807) is 0 Å². The lowest BCUT2D eigenvalue weighted by Gasteiger charge is -2.32. The number of rotatable bonds is 1. The zero-order chi connectivity index (χ0) is 13.8. The molecule has 0 unspecified atom stereocenters. The molecule has 0 aliphatic carbocycles. The molecule has 100 valence electrons. The van der Waals surface area contributed by atoms with Gasteiger partial charge in [0.1, 0.15) is 0 Å². The molecular weight excluding hydrogens is 255 g/mol. The summed E-state index contributed by atoms with van der Waals surface area (Å²) in [6.45, 7) is 10.5. The summed E-state index contributed by atoms with van der Waals surface area (Å²) in [6, 6.07) is 8.67. The summed E-state index contributed by atoms with van der Waals surface area (Å²) in [5.41, 5.74) is 0.540. The Hall–Kier alpha value is -0.835. The van der Waals surface area contributed by atoms with Crippen LogP contribution < -0.4 is 5.46 Å². The van der Waals surface area contributed by atoms with E-state index in [2.05, 4.69) is 58.9 Å². The maximum atomic E-state index is 6.09. The summed E-state index contributed by atoms with van der Waals surface area (Å²) in [5, 5.41) is 1.27. The van der Waals surface area contributed by atoms with Gasteiger partial charge in [-0.15, -0.1) is 11.3 Å². The van der Waals surface area contributed by atoms with E-state index < -0.39 is 0 Å². The summed E-state index contributed by atoms with van der Waals surface area (Å²) in [7, 11) is -0.269. The molecule has 1 saturated heterocycles. The van der Waals surface area contributed by atoms with Crippen molar-refractivity contribution in [1.29, 1.82) is 0 Å². The number of thiophene rings is 1. The van der Waals surface area contributed by atoms with Gasteiger partial charge < -0.3 is 9.31 Å². The van der Waals surface area contributed by atoms with Gasteiger partial charge in [-0.05, 0) is 57.6 Å². The van der Waals surface area contributed by atoms with Crippen LogP contribution in [0.3, 0.4) is 0 Å². The molecule has 0 radical (unpaired) electrons. The van der Waals surface area contributed by atoms with E-state index in [0.717, 1.165) is 5.46 Å². The summed E-state index contributed by atoms with van der Waals surface area (Å²) < 4.78 is 13.5. The van der Waals surface area contributed by atoms with Gasteiger partial charge in [0.2, 0.25) is 0 Å². The maximum Gasteiger partial charge on any atom is 0.494 e. The first-order valence-electron chi connectivity index (χ1n) is 6.64. The molecule has 1 fully saturated rings. The van der Waals surface area contributed by atoms with Crippen LogP contribution in [0.1, 0.15) is 32.6 Å². The molecule has 3 rings (SSSR count). The second kappa shape index (κ2) is 4.08. The Balaban J connectivity index is 1.97. The van der Waals surface area contributed by atoms with Crippen LogP contribution in [0, 0.1) is 6.92 Å². The van der Waals surface area contributed by atoms with Crippen molar-refractivity contribution in [2.24, 2.45) is 0 Å². The van der Waals surface area contributed by atoms with Crippen molar-refractivity contribution < 1.29 is 9.31 Å². The van der Waals surface area contributed by atoms with Crippen LogP contribution in [0.5, 0.6) is 0 Å². The van der Waals surface area contributed by atoms with E-state index in [0.29, 0.717) is 0 Å². The van der Waals surface area contributed by atoms with Gasteiger partial charge in [-0.3, -0.25) is 0 Å². The number of benzene rings is 1. The first-order valence-corrected chi connectivity index (χ1v) is 7.46. The highest BCUT2D eigenvalue weighted by Gasteiger charge is 2.51. The average molecular weight is 274 g/mol. The lowest BCUT2D eigenvalue weighted by Crippen LogP contribution is -2.41. The molecule has 1 aliphatic heterocycles. The zero-order valence-corrected chi connectivity index (χ0v) is 12.9. The topological polar surface area (TPSA) is 18.5 Å². The standard InChI is InChI=1S/C15H19BO2S/c1-10-8-11-9-12(6-7-13(11)19-10)16-17-14(2,3)15(4,5)18-16/h6-9H,1-5H3. The van der Waals surface area contributed by atoms with Gasteiger partial charge in [-0.1, -0.05) is 12.1 Å². The van der Waals surface area contributed by atoms with Gasteiger partial charge in [-0.2, -0.15) is 0 Å². The van der Waals surface area contributed by atoms with Crippen LogP contribution in [0.2, 0.25) is 0 Å². The van der Waals surface area contributed by atoms with E-state index in [9.17, 15) is 0 Å². The molecule has 2 aromatic rings. The highest BCUT2D eigenvalue weighted by atomic mass is 32.1. The third-order valence-corrected chi connectivity index (χ3v) is 5.22. The van der Waals surface area contributed by atoms with Crippen molar-refractivity contribution in [3.05, 3.63) is 29.1 Å². The Labute approximate surface area is 118 Å². The SMILES string of the molecule is Cc1cc2cc(B3OC(C)(C)C(C)(C)O3)ccc2s1. The minimum absolute atomic E-state index is 0.269. The molecule has 0 bridgehead atoms. The smallest absolute Gasteiger partial charge is 0.399 e. The van der Waals surface area contributed by atoms with Crippen molar-refractivity contribution in [2.75, 3.05) is 0 Å². The van der Waals surface area contributed by atoms with Gasteiger partial charge in [-0.25, -0.2) is 0 Å². The summed E-state index contributed by atoms with van der Waals surface area (Å²) >= 11 is 1.82. The van der Waals surface area contributed by atoms with Gasteiger partial charge in [0.05, 0.1) is 11.2 Å². The number of hydrogen-bond donors (Lipinski definition) is 0. The molecule has 1 aliphatic rings. The third-order valence-electron chi connectivity index (χ3n) is 4.19. The minimum Gasteiger partial charge on any atom is -0.399 e. The van der Waals surface area contributed by atoms with Crippen LogP contribution in [-0.2, 0) is 9.31 Å². The Bertz CT molecular complexity index is 614. The largest absolute Gasteiger partial charge is 0.494 e. The lowest BCUT2D eigenvalue weighted by atomic mass is 9.79. The van der Waals surface area contributed by atoms with Crippen LogP contribution in [0.25, 0.3) is 10.1 Å². The Morgan fingerprint density at radius 3 is 2.26 bits per heavy atom. The van der Waals surface area contributed by atoms with Crippen LogP contribution in [0.15, 0.2) is 24.3 Å². The second-order valence-corrected chi connectivity index (χ2v) is 7.53.